The molecule has 368 valence electrons. The number of hydrogen-bond acceptors (Lipinski definition) is 9. The largest absolute Gasteiger partial charge is 0.383 e. The minimum absolute atomic E-state index is 0.216. The second kappa shape index (κ2) is 19.8. The third-order valence-corrected chi connectivity index (χ3v) is 15.4. The molecule has 11 rings (SSSR count). The van der Waals surface area contributed by atoms with Gasteiger partial charge in [-0.1, -0.05) is 132 Å². The smallest absolute Gasteiger partial charge is 0.147 e. The lowest BCUT2D eigenvalue weighted by Crippen LogP contribution is -2.22. The molecule has 0 unspecified atom stereocenters. The van der Waals surface area contributed by atoms with E-state index in [1.165, 1.54) is 72.5 Å². The summed E-state index contributed by atoms with van der Waals surface area (Å²) in [5.41, 5.74) is 34.2. The van der Waals surface area contributed by atoms with Crippen LogP contribution in [0.5, 0.6) is 0 Å². The molecule has 6 heterocycles. The summed E-state index contributed by atoms with van der Waals surface area (Å²) >= 11 is 20.6. The van der Waals surface area contributed by atoms with Gasteiger partial charge in [0, 0.05) is 34.3 Å². The van der Waals surface area contributed by atoms with Crippen LogP contribution in [0.4, 0.5) is 17.5 Å². The standard InChI is InChI=1S/2C19H21ClN4.C18H21ClN4/c2*1-11-7-8-12(2)14(9-11)15-16-18(21)22-10-23-19(16)24(17(15)20)13-5-3-4-6-13;1-10-6-7-11(2)12(8-10)13-14-16(20)21-9-22-17(14)23(15(13)19)18(3,4)5/h2*7-10,13H,3-6H2,1-2H3,(H2,21,22,23);6-9H,1-5H3,(H2,20,21,22). The molecular weight excluding hydrogens is 947 g/mol. The normalized spacial score (nSPS) is 14.4. The zero-order chi connectivity index (χ0) is 50.6. The average Bonchev–Trinajstić information content (AvgIpc) is 4.17. The first-order valence-electron chi connectivity index (χ1n) is 24.5. The molecule has 3 aromatic carbocycles. The molecule has 0 amide bonds. The predicted molar refractivity (Wildman–Crippen MR) is 296 cm³/mol. The van der Waals surface area contributed by atoms with Crippen molar-refractivity contribution in [2.75, 3.05) is 17.2 Å². The van der Waals surface area contributed by atoms with Crippen LogP contribution in [0, 0.1) is 41.5 Å². The van der Waals surface area contributed by atoms with Gasteiger partial charge in [-0.05, 0) is 121 Å². The molecule has 15 heteroatoms. The lowest BCUT2D eigenvalue weighted by molar-refractivity contribution is 0.409. The summed E-state index contributed by atoms with van der Waals surface area (Å²) < 4.78 is 6.39. The van der Waals surface area contributed by atoms with Gasteiger partial charge in [0.2, 0.25) is 0 Å². The van der Waals surface area contributed by atoms with Crippen LogP contribution in [0.2, 0.25) is 15.5 Å². The zero-order valence-corrected chi connectivity index (χ0v) is 44.4. The van der Waals surface area contributed by atoms with Gasteiger partial charge in [0.25, 0.3) is 0 Å². The number of halogens is 3. The number of hydrogen-bond donors (Lipinski definition) is 3. The first kappa shape index (κ1) is 49.8. The molecule has 2 fully saturated rings. The van der Waals surface area contributed by atoms with E-state index in [9.17, 15) is 0 Å². The van der Waals surface area contributed by atoms with Crippen LogP contribution in [-0.4, -0.2) is 43.6 Å². The van der Waals surface area contributed by atoms with Crippen LogP contribution in [0.3, 0.4) is 0 Å². The Hall–Kier alpha value is -6.21. The molecule has 0 spiro atoms. The van der Waals surface area contributed by atoms with Crippen molar-refractivity contribution < 1.29 is 0 Å². The monoisotopic (exact) mass is 1010 g/mol. The van der Waals surface area contributed by atoms with E-state index in [1.54, 1.807) is 0 Å². The summed E-state index contributed by atoms with van der Waals surface area (Å²) in [6.45, 7) is 18.8. The molecule has 2 aliphatic carbocycles. The molecule has 71 heavy (non-hydrogen) atoms. The van der Waals surface area contributed by atoms with E-state index in [4.69, 9.17) is 52.0 Å². The number of aromatic nitrogens is 9. The van der Waals surface area contributed by atoms with Crippen LogP contribution in [0.15, 0.2) is 73.6 Å². The molecule has 6 aromatic heterocycles. The Labute approximate surface area is 431 Å². The van der Waals surface area contributed by atoms with Crippen LogP contribution in [-0.2, 0) is 5.54 Å². The highest BCUT2D eigenvalue weighted by Gasteiger charge is 2.31. The first-order chi connectivity index (χ1) is 33.9. The highest BCUT2D eigenvalue weighted by atomic mass is 35.5. The molecule has 0 radical (unpaired) electrons. The maximum absolute atomic E-state index is 6.90. The third kappa shape index (κ3) is 9.19. The number of nitrogens with zero attached hydrogens (tertiary/aromatic N) is 9. The summed E-state index contributed by atoms with van der Waals surface area (Å²) in [7, 11) is 0. The van der Waals surface area contributed by atoms with E-state index in [0.717, 1.165) is 108 Å². The van der Waals surface area contributed by atoms with Gasteiger partial charge < -0.3 is 30.9 Å². The highest BCUT2D eigenvalue weighted by Crippen LogP contribution is 2.48. The predicted octanol–water partition coefficient (Wildman–Crippen LogP) is 14.8. The number of rotatable bonds is 5. The molecule has 0 aliphatic heterocycles. The van der Waals surface area contributed by atoms with Crippen molar-refractivity contribution in [1.29, 1.82) is 0 Å². The van der Waals surface area contributed by atoms with Crippen molar-refractivity contribution in [3.8, 4) is 33.4 Å². The summed E-state index contributed by atoms with van der Waals surface area (Å²) in [6, 6.07) is 19.9. The minimum Gasteiger partial charge on any atom is -0.383 e. The summed E-state index contributed by atoms with van der Waals surface area (Å²) in [5, 5.41) is 4.69. The van der Waals surface area contributed by atoms with Gasteiger partial charge in [-0.3, -0.25) is 0 Å². The Bertz CT molecular complexity index is 3320. The van der Waals surface area contributed by atoms with Gasteiger partial charge in [0.15, 0.2) is 0 Å². The fourth-order valence-electron chi connectivity index (χ4n) is 10.7. The van der Waals surface area contributed by atoms with Crippen molar-refractivity contribution in [3.63, 3.8) is 0 Å². The van der Waals surface area contributed by atoms with Crippen molar-refractivity contribution in [2.24, 2.45) is 0 Å². The topological polar surface area (TPSA) is 170 Å². The summed E-state index contributed by atoms with van der Waals surface area (Å²) in [5.74, 6) is 1.44. The first-order valence-corrected chi connectivity index (χ1v) is 25.6. The fraction of sp³-hybridized carbons (Fsp3) is 0.357. The fourth-order valence-corrected chi connectivity index (χ4v) is 12.1. The molecule has 9 aromatic rings. The van der Waals surface area contributed by atoms with Crippen molar-refractivity contribution in [1.82, 2.24) is 43.6 Å². The Morgan fingerprint density at radius 3 is 1.10 bits per heavy atom. The minimum atomic E-state index is -0.216. The third-order valence-electron chi connectivity index (χ3n) is 14.3. The van der Waals surface area contributed by atoms with Gasteiger partial charge in [0.05, 0.1) is 16.2 Å². The van der Waals surface area contributed by atoms with E-state index >= 15 is 0 Å². The molecule has 0 saturated heterocycles. The molecule has 0 bridgehead atoms. The number of benzene rings is 3. The average molecular weight is 1010 g/mol. The SMILES string of the molecule is Cc1ccc(C)c(-c2c(Cl)n(C(C)(C)C)c3ncnc(N)c23)c1.Cc1ccc(C)c(-c2c(Cl)n(C3CCCC3)c3ncnc(N)c23)c1.Cc1ccc(C)c(-c2c(Cl)n(C3CCCC3)c3ncnc(N)c23)c1. The molecule has 0 atom stereocenters. The Morgan fingerprint density at radius 1 is 0.451 bits per heavy atom. The van der Waals surface area contributed by atoms with Gasteiger partial charge >= 0.3 is 0 Å². The van der Waals surface area contributed by atoms with Crippen LogP contribution in [0.1, 0.15) is 118 Å². The van der Waals surface area contributed by atoms with Crippen molar-refractivity contribution >= 4 is 85.4 Å². The van der Waals surface area contributed by atoms with Gasteiger partial charge in [-0.15, -0.1) is 0 Å². The number of nitrogens with two attached hydrogens (primary N) is 3. The van der Waals surface area contributed by atoms with Gasteiger partial charge in [-0.2, -0.15) is 0 Å². The van der Waals surface area contributed by atoms with Gasteiger partial charge in [0.1, 0.15) is 68.8 Å². The maximum atomic E-state index is 6.90. The second-order valence-electron chi connectivity index (χ2n) is 20.4. The van der Waals surface area contributed by atoms with E-state index in [0.29, 0.717) is 34.7 Å². The van der Waals surface area contributed by atoms with Crippen LogP contribution < -0.4 is 17.2 Å². The molecular formula is C56H63Cl3N12. The van der Waals surface area contributed by atoms with E-state index < -0.39 is 0 Å². The van der Waals surface area contributed by atoms with Crippen molar-refractivity contribution in [2.45, 2.75) is 131 Å². The van der Waals surface area contributed by atoms with Crippen LogP contribution >= 0.6 is 34.8 Å². The lowest BCUT2D eigenvalue weighted by atomic mass is 9.98. The maximum Gasteiger partial charge on any atom is 0.147 e. The van der Waals surface area contributed by atoms with E-state index in [2.05, 4.69) is 156 Å². The number of nitrogen functional groups attached to an aromatic ring is 3. The summed E-state index contributed by atoms with van der Waals surface area (Å²) in [6.07, 6.45) is 14.1. The lowest BCUT2D eigenvalue weighted by Gasteiger charge is -2.23. The Morgan fingerprint density at radius 2 is 0.761 bits per heavy atom. The van der Waals surface area contributed by atoms with Gasteiger partial charge in [-0.25, -0.2) is 29.9 Å². The number of anilines is 3. The molecule has 2 aliphatic rings. The van der Waals surface area contributed by atoms with E-state index in [1.807, 2.05) is 4.57 Å². The van der Waals surface area contributed by atoms with Crippen LogP contribution in [0.25, 0.3) is 66.5 Å². The Balaban J connectivity index is 0.000000132. The van der Waals surface area contributed by atoms with Crippen molar-refractivity contribution in [3.05, 3.63) is 122 Å². The number of aryl methyl sites for hydroxylation is 6. The Kier molecular flexibility index (Phi) is 13.9. The molecule has 12 nitrogen and oxygen atoms in total. The zero-order valence-electron chi connectivity index (χ0n) is 42.1. The number of fused-ring (bicyclic) bond motifs is 3. The summed E-state index contributed by atoms with van der Waals surface area (Å²) in [4.78, 5) is 26.1. The highest BCUT2D eigenvalue weighted by molar-refractivity contribution is 6.36. The van der Waals surface area contributed by atoms with E-state index in [-0.39, 0.29) is 5.54 Å². The second-order valence-corrected chi connectivity index (χ2v) is 21.5. The quantitative estimate of drug-likeness (QED) is 0.152. The molecule has 2 saturated carbocycles. The molecule has 6 N–H and O–H groups in total.